The topological polar surface area (TPSA) is 76.4 Å². The van der Waals surface area contributed by atoms with Gasteiger partial charge in [0.2, 0.25) is 5.91 Å². The Morgan fingerprint density at radius 3 is 2.78 bits per heavy atom. The summed E-state index contributed by atoms with van der Waals surface area (Å²) in [4.78, 5) is 36.6. The van der Waals surface area contributed by atoms with Gasteiger partial charge in [-0.05, 0) is 43.9 Å². The summed E-state index contributed by atoms with van der Waals surface area (Å²) in [6.07, 6.45) is 4.35. The third-order valence-electron chi connectivity index (χ3n) is 5.47. The van der Waals surface area contributed by atoms with Gasteiger partial charge in [-0.2, -0.15) is 0 Å². The van der Waals surface area contributed by atoms with Gasteiger partial charge in [0.1, 0.15) is 0 Å². The molecule has 3 aromatic heterocycles. The van der Waals surface area contributed by atoms with E-state index < -0.39 is 5.41 Å². The number of thioether (sulfide) groups is 1. The summed E-state index contributed by atoms with van der Waals surface area (Å²) in [5.74, 6) is 0.584. The van der Waals surface area contributed by atoms with E-state index in [0.29, 0.717) is 5.75 Å². The van der Waals surface area contributed by atoms with E-state index in [1.165, 1.54) is 11.3 Å². The van der Waals surface area contributed by atoms with Gasteiger partial charge in [0.05, 0.1) is 15.9 Å². The van der Waals surface area contributed by atoms with Crippen LogP contribution < -0.4 is 10.9 Å². The van der Waals surface area contributed by atoms with Crippen LogP contribution in [0.4, 0.5) is 5.69 Å². The first-order chi connectivity index (χ1) is 15.3. The highest BCUT2D eigenvalue weighted by molar-refractivity contribution is 8.00. The minimum Gasteiger partial charge on any atom is -0.326 e. The Morgan fingerprint density at radius 1 is 1.16 bits per heavy atom. The van der Waals surface area contributed by atoms with E-state index in [0.717, 1.165) is 55.9 Å². The molecule has 3 heterocycles. The molecule has 0 unspecified atom stereocenters. The van der Waals surface area contributed by atoms with E-state index in [4.69, 9.17) is 9.97 Å². The Balaban J connectivity index is 1.34. The van der Waals surface area contributed by atoms with Crippen molar-refractivity contribution >= 4 is 61.2 Å². The highest BCUT2D eigenvalue weighted by Gasteiger charge is 2.21. The zero-order valence-corrected chi connectivity index (χ0v) is 20.7. The lowest BCUT2D eigenvalue weighted by Gasteiger charge is -2.17. The Kier molecular flexibility index (Phi) is 5.59. The number of anilines is 1. The number of nitrogens with one attached hydrogen (secondary N) is 1. The summed E-state index contributed by atoms with van der Waals surface area (Å²) in [6, 6.07) is 7.44. The van der Waals surface area contributed by atoms with Crippen molar-refractivity contribution in [2.75, 3.05) is 5.32 Å². The van der Waals surface area contributed by atoms with E-state index in [1.54, 1.807) is 44.9 Å². The Bertz CT molecular complexity index is 1390. The molecular weight excluding hydrogens is 460 g/mol. The molecule has 5 rings (SSSR count). The quantitative estimate of drug-likeness (QED) is 0.386. The maximum absolute atomic E-state index is 12.8. The molecular formula is C23H24N4O2S3. The monoisotopic (exact) mass is 484 g/mol. The van der Waals surface area contributed by atoms with Crippen LogP contribution >= 0.6 is 34.4 Å². The van der Waals surface area contributed by atoms with E-state index in [1.807, 2.05) is 39.0 Å². The van der Waals surface area contributed by atoms with Crippen molar-refractivity contribution in [1.29, 1.82) is 0 Å². The SMILES string of the molecule is CC(C)(C)C(=O)Nc1ccc2nc(SCc3cc(=O)n4c5c(sc4n3)CCCC5)sc2c1. The third kappa shape index (κ3) is 4.21. The van der Waals surface area contributed by atoms with Gasteiger partial charge in [-0.15, -0.1) is 22.7 Å². The van der Waals surface area contributed by atoms with Gasteiger partial charge in [0, 0.05) is 33.5 Å². The number of aryl methyl sites for hydroxylation is 2. The maximum atomic E-state index is 12.8. The van der Waals surface area contributed by atoms with Crippen molar-refractivity contribution in [3.8, 4) is 0 Å². The molecule has 0 saturated carbocycles. The number of carbonyl (C=O) groups excluding carboxylic acids is 1. The van der Waals surface area contributed by atoms with Gasteiger partial charge in [0.25, 0.3) is 5.56 Å². The number of nitrogens with zero attached hydrogens (tertiary/aromatic N) is 3. The molecule has 1 amide bonds. The number of hydrogen-bond acceptors (Lipinski definition) is 7. The number of rotatable bonds is 4. The standard InChI is InChI=1S/C23H24N4O2S3/c1-23(2,3)20(29)24-13-8-9-15-18(10-13)32-22(26-15)30-12-14-11-19(28)27-16-6-4-5-7-17(16)31-21(27)25-14/h8-11H,4-7,12H2,1-3H3,(H,24,29). The minimum absolute atomic E-state index is 0.0148. The number of fused-ring (bicyclic) bond motifs is 4. The van der Waals surface area contributed by atoms with E-state index in [2.05, 4.69) is 5.32 Å². The minimum atomic E-state index is -0.446. The summed E-state index contributed by atoms with van der Waals surface area (Å²) in [7, 11) is 0. The first-order valence-corrected chi connectivity index (χ1v) is 13.3. The van der Waals surface area contributed by atoms with Crippen LogP contribution in [0.3, 0.4) is 0 Å². The number of thiazole rings is 2. The number of aromatic nitrogens is 3. The predicted octanol–water partition coefficient (Wildman–Crippen LogP) is 5.52. The van der Waals surface area contributed by atoms with Crippen molar-refractivity contribution in [1.82, 2.24) is 14.4 Å². The molecule has 9 heteroatoms. The highest BCUT2D eigenvalue weighted by Crippen LogP contribution is 2.34. The molecule has 0 aliphatic heterocycles. The number of benzene rings is 1. The third-order valence-corrected chi connectivity index (χ3v) is 8.80. The normalized spacial score (nSPS) is 14.1. The first kappa shape index (κ1) is 21.6. The van der Waals surface area contributed by atoms with Crippen LogP contribution in [0.5, 0.6) is 0 Å². The average Bonchev–Trinajstić information content (AvgIpc) is 3.32. The second-order valence-corrected chi connectivity index (χ2v) is 12.4. The van der Waals surface area contributed by atoms with Gasteiger partial charge in [0.15, 0.2) is 9.30 Å². The smallest absolute Gasteiger partial charge is 0.259 e. The van der Waals surface area contributed by atoms with Crippen LogP contribution in [0.2, 0.25) is 0 Å². The lowest BCUT2D eigenvalue weighted by molar-refractivity contribution is -0.123. The molecule has 1 aliphatic rings. The van der Waals surface area contributed by atoms with Crippen LogP contribution in [-0.2, 0) is 23.4 Å². The number of carbonyl (C=O) groups is 1. The van der Waals surface area contributed by atoms with Gasteiger partial charge in [-0.1, -0.05) is 32.5 Å². The molecule has 0 fully saturated rings. The van der Waals surface area contributed by atoms with Gasteiger partial charge < -0.3 is 5.32 Å². The summed E-state index contributed by atoms with van der Waals surface area (Å²) >= 11 is 4.83. The molecule has 4 aromatic rings. The van der Waals surface area contributed by atoms with Gasteiger partial charge >= 0.3 is 0 Å². The molecule has 0 radical (unpaired) electrons. The molecule has 1 aromatic carbocycles. The van der Waals surface area contributed by atoms with Crippen LogP contribution in [0, 0.1) is 5.41 Å². The Hall–Kier alpha value is -2.23. The second-order valence-electron chi connectivity index (χ2n) is 9.04. The zero-order valence-electron chi connectivity index (χ0n) is 18.2. The van der Waals surface area contributed by atoms with Crippen LogP contribution in [0.15, 0.2) is 33.4 Å². The van der Waals surface area contributed by atoms with Crippen molar-refractivity contribution in [3.05, 3.63) is 50.9 Å². The predicted molar refractivity (Wildman–Crippen MR) is 133 cm³/mol. The Labute approximate surface area is 198 Å². The summed E-state index contributed by atoms with van der Waals surface area (Å²) < 4.78 is 3.75. The average molecular weight is 485 g/mol. The van der Waals surface area contributed by atoms with E-state index in [-0.39, 0.29) is 11.5 Å². The summed E-state index contributed by atoms with van der Waals surface area (Å²) in [6.45, 7) is 5.68. The van der Waals surface area contributed by atoms with Gasteiger partial charge in [-0.25, -0.2) is 9.97 Å². The zero-order chi connectivity index (χ0) is 22.5. The second kappa shape index (κ2) is 8.28. The first-order valence-electron chi connectivity index (χ1n) is 10.7. The number of hydrogen-bond donors (Lipinski definition) is 1. The lowest BCUT2D eigenvalue weighted by atomic mass is 9.95. The van der Waals surface area contributed by atoms with Crippen molar-refractivity contribution < 1.29 is 4.79 Å². The highest BCUT2D eigenvalue weighted by atomic mass is 32.2. The molecule has 0 atom stereocenters. The van der Waals surface area contributed by atoms with Crippen molar-refractivity contribution in [2.45, 2.75) is 56.5 Å². The molecule has 0 saturated heterocycles. The van der Waals surface area contributed by atoms with Gasteiger partial charge in [-0.3, -0.25) is 14.0 Å². The Morgan fingerprint density at radius 2 is 1.97 bits per heavy atom. The summed E-state index contributed by atoms with van der Waals surface area (Å²) in [5, 5.41) is 2.97. The van der Waals surface area contributed by atoms with Crippen LogP contribution in [-0.4, -0.2) is 20.3 Å². The molecule has 0 spiro atoms. The van der Waals surface area contributed by atoms with Crippen molar-refractivity contribution in [3.63, 3.8) is 0 Å². The molecule has 1 N–H and O–H groups in total. The molecule has 0 bridgehead atoms. The van der Waals surface area contributed by atoms with E-state index in [9.17, 15) is 9.59 Å². The fraction of sp³-hybridized carbons (Fsp3) is 0.391. The van der Waals surface area contributed by atoms with Crippen LogP contribution in [0.25, 0.3) is 15.2 Å². The fourth-order valence-electron chi connectivity index (χ4n) is 3.71. The summed E-state index contributed by atoms with van der Waals surface area (Å²) in [5.41, 5.74) is 3.20. The molecule has 1 aliphatic carbocycles. The molecule has 32 heavy (non-hydrogen) atoms. The lowest BCUT2D eigenvalue weighted by Crippen LogP contribution is -2.27. The van der Waals surface area contributed by atoms with Crippen LogP contribution in [0.1, 0.15) is 49.9 Å². The maximum Gasteiger partial charge on any atom is 0.259 e. The molecule has 166 valence electrons. The number of amides is 1. The largest absolute Gasteiger partial charge is 0.326 e. The fourth-order valence-corrected chi connectivity index (χ4v) is 6.95. The molecule has 6 nitrogen and oxygen atoms in total. The van der Waals surface area contributed by atoms with E-state index >= 15 is 0 Å². The van der Waals surface area contributed by atoms with Crippen molar-refractivity contribution in [2.24, 2.45) is 5.41 Å².